The molecule has 1 aliphatic rings. The molecule has 0 aliphatic carbocycles. The third-order valence-corrected chi connectivity index (χ3v) is 8.34. The molecule has 1 fully saturated rings. The zero-order valence-corrected chi connectivity index (χ0v) is 30.8. The van der Waals surface area contributed by atoms with Crippen LogP contribution in [0, 0.1) is 11.3 Å². The van der Waals surface area contributed by atoms with E-state index in [1.54, 1.807) is 65.2 Å². The fourth-order valence-electron chi connectivity index (χ4n) is 5.47. The van der Waals surface area contributed by atoms with Gasteiger partial charge in [0.25, 0.3) is 11.8 Å². The Morgan fingerprint density at radius 2 is 1.42 bits per heavy atom. The summed E-state index contributed by atoms with van der Waals surface area (Å²) in [4.78, 5) is 83.8. The molecule has 4 amide bonds. The number of hydroxylamine groups is 2. The number of hydrogen-bond donors (Lipinski definition) is 2. The number of likely N-dealkylation sites (N-methyl/N-ethyl adjacent to an activating group) is 2. The molecule has 266 valence electrons. The Bertz CT molecular complexity index is 1400. The van der Waals surface area contributed by atoms with Crippen molar-refractivity contribution in [3.8, 4) is 0 Å². The third kappa shape index (κ3) is 9.98. The average molecular weight is 671 g/mol. The highest BCUT2D eigenvalue weighted by Gasteiger charge is 2.42. The molecule has 0 radical (unpaired) electrons. The van der Waals surface area contributed by atoms with Crippen molar-refractivity contribution in [3.05, 3.63) is 47.0 Å². The molecule has 0 aromatic heterocycles. The summed E-state index contributed by atoms with van der Waals surface area (Å²) in [6.45, 7) is 20.0. The zero-order chi connectivity index (χ0) is 36.9. The summed E-state index contributed by atoms with van der Waals surface area (Å²) in [7, 11) is 3.28. The topological polar surface area (TPSA) is 151 Å². The van der Waals surface area contributed by atoms with Gasteiger partial charge in [0.15, 0.2) is 0 Å². The van der Waals surface area contributed by atoms with Crippen molar-refractivity contribution in [3.63, 3.8) is 0 Å². The van der Waals surface area contributed by atoms with Crippen LogP contribution in [-0.4, -0.2) is 83.4 Å². The maximum absolute atomic E-state index is 14.1. The van der Waals surface area contributed by atoms with Crippen LogP contribution in [0.5, 0.6) is 0 Å². The van der Waals surface area contributed by atoms with Gasteiger partial charge in [-0.2, -0.15) is 0 Å². The number of benzene rings is 1. The Kier molecular flexibility index (Phi) is 12.9. The molecule has 1 aliphatic heterocycles. The molecule has 1 unspecified atom stereocenters. The van der Waals surface area contributed by atoms with E-state index in [1.807, 2.05) is 48.5 Å². The molecule has 0 spiro atoms. The minimum absolute atomic E-state index is 0.0212. The second-order valence-electron chi connectivity index (χ2n) is 15.3. The first-order valence-corrected chi connectivity index (χ1v) is 16.3. The van der Waals surface area contributed by atoms with Crippen molar-refractivity contribution in [2.45, 2.75) is 118 Å². The van der Waals surface area contributed by atoms with Crippen molar-refractivity contribution in [2.24, 2.45) is 11.3 Å². The highest BCUT2D eigenvalue weighted by atomic mass is 16.7. The van der Waals surface area contributed by atoms with Crippen LogP contribution in [0.2, 0.25) is 0 Å². The van der Waals surface area contributed by atoms with Gasteiger partial charge in [-0.3, -0.25) is 19.2 Å². The lowest BCUT2D eigenvalue weighted by molar-refractivity contribution is -0.194. The van der Waals surface area contributed by atoms with E-state index in [1.165, 1.54) is 11.8 Å². The van der Waals surface area contributed by atoms with E-state index in [0.29, 0.717) is 10.6 Å². The van der Waals surface area contributed by atoms with Crippen LogP contribution in [-0.2, 0) is 39.0 Å². The molecule has 12 nitrogen and oxygen atoms in total. The third-order valence-electron chi connectivity index (χ3n) is 8.34. The van der Waals surface area contributed by atoms with E-state index in [9.17, 15) is 28.8 Å². The Balaban J connectivity index is 2.31. The minimum Gasteiger partial charge on any atom is -0.456 e. The summed E-state index contributed by atoms with van der Waals surface area (Å²) in [5.74, 6) is -3.39. The first-order chi connectivity index (χ1) is 21.9. The fourth-order valence-corrected chi connectivity index (χ4v) is 5.47. The smallest absolute Gasteiger partial charge is 0.359 e. The molecule has 0 saturated carbocycles. The highest BCUT2D eigenvalue weighted by molar-refractivity contribution is 6.02. The van der Waals surface area contributed by atoms with Gasteiger partial charge in [0.05, 0.1) is 17.6 Å². The second-order valence-corrected chi connectivity index (χ2v) is 15.3. The van der Waals surface area contributed by atoms with Crippen LogP contribution in [0.4, 0.5) is 0 Å². The van der Waals surface area contributed by atoms with Crippen LogP contribution < -0.4 is 10.6 Å². The van der Waals surface area contributed by atoms with Crippen molar-refractivity contribution in [2.75, 3.05) is 14.1 Å². The van der Waals surface area contributed by atoms with Gasteiger partial charge in [-0.05, 0) is 63.8 Å². The molecular weight excluding hydrogens is 616 g/mol. The van der Waals surface area contributed by atoms with Gasteiger partial charge >= 0.3 is 11.9 Å². The first kappa shape index (κ1) is 40.1. The number of imide groups is 1. The number of nitrogens with zero attached hydrogens (tertiary/aromatic N) is 2. The zero-order valence-electron chi connectivity index (χ0n) is 30.8. The summed E-state index contributed by atoms with van der Waals surface area (Å²) in [5.41, 5.74) is -0.787. The van der Waals surface area contributed by atoms with Crippen molar-refractivity contribution >= 4 is 35.6 Å². The summed E-state index contributed by atoms with van der Waals surface area (Å²) in [6.07, 6.45) is 1.52. The molecule has 1 saturated heterocycles. The van der Waals surface area contributed by atoms with Gasteiger partial charge in [0, 0.05) is 30.9 Å². The van der Waals surface area contributed by atoms with Gasteiger partial charge in [-0.25, -0.2) is 9.59 Å². The molecule has 2 rings (SSSR count). The van der Waals surface area contributed by atoms with Crippen molar-refractivity contribution < 1.29 is 38.3 Å². The summed E-state index contributed by atoms with van der Waals surface area (Å²) in [5, 5.41) is 6.58. The number of hydrogen-bond acceptors (Lipinski definition) is 9. The number of esters is 1. The van der Waals surface area contributed by atoms with E-state index in [0.717, 1.165) is 5.56 Å². The van der Waals surface area contributed by atoms with E-state index < -0.39 is 64.2 Å². The maximum Gasteiger partial charge on any atom is 0.359 e. The number of ether oxygens (including phenoxy) is 1. The monoisotopic (exact) mass is 670 g/mol. The van der Waals surface area contributed by atoms with Crippen LogP contribution in [0.25, 0.3) is 0 Å². The van der Waals surface area contributed by atoms with Crippen LogP contribution >= 0.6 is 0 Å². The van der Waals surface area contributed by atoms with Crippen LogP contribution in [0.1, 0.15) is 105 Å². The van der Waals surface area contributed by atoms with E-state index in [2.05, 4.69) is 10.6 Å². The Morgan fingerprint density at radius 1 is 0.896 bits per heavy atom. The van der Waals surface area contributed by atoms with Gasteiger partial charge in [0.2, 0.25) is 11.8 Å². The van der Waals surface area contributed by atoms with Crippen LogP contribution in [0.15, 0.2) is 35.9 Å². The molecule has 48 heavy (non-hydrogen) atoms. The normalized spacial score (nSPS) is 16.4. The first-order valence-electron chi connectivity index (χ1n) is 16.3. The van der Waals surface area contributed by atoms with E-state index in [-0.39, 0.29) is 30.2 Å². The lowest BCUT2D eigenvalue weighted by Gasteiger charge is -2.40. The molecule has 1 heterocycles. The van der Waals surface area contributed by atoms with E-state index >= 15 is 0 Å². The van der Waals surface area contributed by atoms with Crippen molar-refractivity contribution in [1.82, 2.24) is 20.6 Å². The minimum atomic E-state index is -0.946. The number of nitrogens with one attached hydrogen (secondary N) is 2. The summed E-state index contributed by atoms with van der Waals surface area (Å²) in [6, 6.07) is 4.63. The van der Waals surface area contributed by atoms with Gasteiger partial charge in [-0.15, -0.1) is 5.06 Å². The van der Waals surface area contributed by atoms with Gasteiger partial charge in [0.1, 0.15) is 11.6 Å². The Morgan fingerprint density at radius 3 is 1.85 bits per heavy atom. The fraction of sp³-hybridized carbons (Fsp3) is 0.611. The molecule has 2 N–H and O–H groups in total. The standard InChI is InChI=1S/C36H54N4O8/c1-21(2)25(20-22(3)32(45)48-40-26(41)18-19-27(40)42)39(13)31(44)29(34(4,5)6)38-30(43)28(37-12)36(10,11)24-16-14-23(15-17-24)33(46)47-35(7,8)9/h14-17,20-21,25,28-29,37H,18-19H2,1-13H3,(H,38,43)/b22-20+/t25-,28?,29-/m1/s1. The van der Waals surface area contributed by atoms with E-state index in [4.69, 9.17) is 9.57 Å². The molecule has 12 heteroatoms. The number of rotatable bonds is 12. The van der Waals surface area contributed by atoms with Gasteiger partial charge < -0.3 is 25.1 Å². The Labute approximate surface area is 284 Å². The molecular formula is C36H54N4O8. The second kappa shape index (κ2) is 15.4. The number of carbonyl (C=O) groups excluding carboxylic acids is 6. The summed E-state index contributed by atoms with van der Waals surface area (Å²) < 4.78 is 5.47. The molecule has 1 aromatic carbocycles. The molecule has 0 bridgehead atoms. The SMILES string of the molecule is CNC(C(=O)N[C@H](C(=O)N(C)[C@H](/C=C(\C)C(=O)ON1C(=O)CCC1=O)C(C)C)C(C)(C)C)C(C)(C)c1ccc(C(=O)OC(C)(C)C)cc1. The quantitative estimate of drug-likeness (QED) is 0.191. The predicted molar refractivity (Wildman–Crippen MR) is 181 cm³/mol. The average Bonchev–Trinajstić information content (AvgIpc) is 3.28. The lowest BCUT2D eigenvalue weighted by Crippen LogP contribution is -2.61. The van der Waals surface area contributed by atoms with Crippen molar-refractivity contribution in [1.29, 1.82) is 0 Å². The predicted octanol–water partition coefficient (Wildman–Crippen LogP) is 4.07. The largest absolute Gasteiger partial charge is 0.456 e. The molecule has 1 aromatic rings. The van der Waals surface area contributed by atoms with Gasteiger partial charge in [-0.1, -0.05) is 66.7 Å². The highest BCUT2D eigenvalue weighted by Crippen LogP contribution is 2.30. The summed E-state index contributed by atoms with van der Waals surface area (Å²) >= 11 is 0. The number of carbonyl (C=O) groups is 6. The molecule has 3 atom stereocenters. The number of amides is 4. The lowest BCUT2D eigenvalue weighted by atomic mass is 9.76. The maximum atomic E-state index is 14.1. The van der Waals surface area contributed by atoms with Crippen LogP contribution in [0.3, 0.4) is 0 Å². The Hall–Kier alpha value is -4.06.